The maximum Gasteiger partial charge on any atom is 0.263 e. The lowest BCUT2D eigenvalue weighted by atomic mass is 10.2. The molecule has 0 aliphatic carbocycles. The molecule has 34 heavy (non-hydrogen) atoms. The number of nitrogens with zero attached hydrogens (tertiary/aromatic N) is 5. The van der Waals surface area contributed by atoms with E-state index in [1.165, 1.54) is 17.6 Å². The first kappa shape index (κ1) is 22.3. The Labute approximate surface area is 201 Å². The SMILES string of the molecule is O=C(Cn1ccc2cc(F)ccc21)N1CCN(c2ccc(S(=O)(=O)Nc3nncs3)cc2)CC1.[HH]. The Morgan fingerprint density at radius 3 is 2.56 bits per heavy atom. The molecule has 4 aromatic rings. The summed E-state index contributed by atoms with van der Waals surface area (Å²) in [5.74, 6) is -0.294. The van der Waals surface area contributed by atoms with Crippen LogP contribution < -0.4 is 9.62 Å². The molecular weight excluding hydrogens is 479 g/mol. The van der Waals surface area contributed by atoms with Crippen LogP contribution in [0.5, 0.6) is 0 Å². The van der Waals surface area contributed by atoms with Gasteiger partial charge in [0.15, 0.2) is 0 Å². The quantitative estimate of drug-likeness (QED) is 0.435. The Balaban J connectivity index is 0.00000289. The van der Waals surface area contributed by atoms with Gasteiger partial charge in [0.2, 0.25) is 11.0 Å². The number of piperazine rings is 1. The minimum atomic E-state index is -3.73. The molecular formula is C22H23FN6O3S2. The number of halogens is 1. The molecule has 0 unspecified atom stereocenters. The minimum Gasteiger partial charge on any atom is -0.368 e. The van der Waals surface area contributed by atoms with E-state index < -0.39 is 10.0 Å². The fraction of sp³-hybridized carbons (Fsp3) is 0.227. The van der Waals surface area contributed by atoms with E-state index in [1.54, 1.807) is 42.6 Å². The van der Waals surface area contributed by atoms with Crippen molar-refractivity contribution in [1.82, 2.24) is 19.7 Å². The molecule has 1 amide bonds. The topological polar surface area (TPSA) is 100 Å². The molecule has 1 aliphatic rings. The van der Waals surface area contributed by atoms with Crippen LogP contribution in [0.25, 0.3) is 10.9 Å². The van der Waals surface area contributed by atoms with E-state index in [0.29, 0.717) is 26.2 Å². The first-order chi connectivity index (χ1) is 16.4. The second-order valence-electron chi connectivity index (χ2n) is 7.86. The van der Waals surface area contributed by atoms with Gasteiger partial charge in [-0.05, 0) is 48.5 Å². The number of amides is 1. The summed E-state index contributed by atoms with van der Waals surface area (Å²) >= 11 is 1.11. The summed E-state index contributed by atoms with van der Waals surface area (Å²) < 4.78 is 42.6. The van der Waals surface area contributed by atoms with Gasteiger partial charge < -0.3 is 14.4 Å². The molecule has 0 spiro atoms. The van der Waals surface area contributed by atoms with Crippen molar-refractivity contribution in [3.8, 4) is 0 Å². The van der Waals surface area contributed by atoms with Gasteiger partial charge in [-0.15, -0.1) is 10.2 Å². The van der Waals surface area contributed by atoms with Crippen LogP contribution in [0.2, 0.25) is 0 Å². The molecule has 1 saturated heterocycles. The number of fused-ring (bicyclic) bond motifs is 1. The summed E-state index contributed by atoms with van der Waals surface area (Å²) in [7, 11) is -3.73. The standard InChI is InChI=1S/C22H21FN6O3S2.H2/c23-17-1-6-20-16(13-17)7-8-29(20)14-21(30)28-11-9-27(10-12-28)18-2-4-19(5-3-18)34(31,32)26-22-25-24-15-33-22;/h1-8,13,15H,9-12,14H2,(H,25,26);1H. The van der Waals surface area contributed by atoms with Crippen molar-refractivity contribution in [2.75, 3.05) is 35.8 Å². The second-order valence-corrected chi connectivity index (χ2v) is 10.4. The van der Waals surface area contributed by atoms with Crippen LogP contribution in [-0.4, -0.2) is 60.2 Å². The Bertz CT molecular complexity index is 1420. The van der Waals surface area contributed by atoms with Gasteiger partial charge in [0.1, 0.15) is 17.9 Å². The van der Waals surface area contributed by atoms with Crippen LogP contribution in [0.1, 0.15) is 1.43 Å². The summed E-state index contributed by atoms with van der Waals surface area (Å²) in [6.45, 7) is 2.59. The van der Waals surface area contributed by atoms with E-state index >= 15 is 0 Å². The van der Waals surface area contributed by atoms with E-state index in [1.807, 2.05) is 9.47 Å². The molecule has 5 rings (SSSR count). The van der Waals surface area contributed by atoms with Crippen LogP contribution in [0.15, 0.2) is 65.1 Å². The molecule has 9 nitrogen and oxygen atoms in total. The van der Waals surface area contributed by atoms with E-state index in [9.17, 15) is 17.6 Å². The number of aromatic nitrogens is 3. The van der Waals surface area contributed by atoms with E-state index in [4.69, 9.17) is 0 Å². The lowest BCUT2D eigenvalue weighted by molar-refractivity contribution is -0.132. The second kappa shape index (κ2) is 9.03. The third-order valence-electron chi connectivity index (χ3n) is 5.76. The number of rotatable bonds is 6. The molecule has 178 valence electrons. The van der Waals surface area contributed by atoms with Crippen molar-refractivity contribution in [3.63, 3.8) is 0 Å². The van der Waals surface area contributed by atoms with Crippen LogP contribution in [-0.2, 0) is 21.4 Å². The number of hydrogen-bond acceptors (Lipinski definition) is 7. The van der Waals surface area contributed by atoms with Gasteiger partial charge in [-0.25, -0.2) is 12.8 Å². The van der Waals surface area contributed by atoms with Crippen molar-refractivity contribution in [3.05, 3.63) is 66.1 Å². The summed E-state index contributed by atoms with van der Waals surface area (Å²) in [5.41, 5.74) is 3.16. The molecule has 2 aromatic carbocycles. The first-order valence-electron chi connectivity index (χ1n) is 10.6. The molecule has 0 atom stereocenters. The van der Waals surface area contributed by atoms with Crippen LogP contribution in [0, 0.1) is 5.82 Å². The maximum atomic E-state index is 13.4. The molecule has 3 heterocycles. The zero-order chi connectivity index (χ0) is 23.7. The third-order valence-corrected chi connectivity index (χ3v) is 7.86. The summed E-state index contributed by atoms with van der Waals surface area (Å²) in [4.78, 5) is 16.9. The Hall–Kier alpha value is -3.51. The summed E-state index contributed by atoms with van der Waals surface area (Å²) in [6, 6.07) is 13.0. The third kappa shape index (κ3) is 4.59. The first-order valence-corrected chi connectivity index (χ1v) is 12.9. The summed E-state index contributed by atoms with van der Waals surface area (Å²) in [6.07, 6.45) is 1.80. The number of benzene rings is 2. The van der Waals surface area contributed by atoms with Crippen molar-refractivity contribution in [1.29, 1.82) is 0 Å². The number of anilines is 2. The van der Waals surface area contributed by atoms with E-state index in [2.05, 4.69) is 19.8 Å². The molecule has 1 fully saturated rings. The zero-order valence-corrected chi connectivity index (χ0v) is 19.6. The van der Waals surface area contributed by atoms with Crippen LogP contribution in [0.4, 0.5) is 15.2 Å². The van der Waals surface area contributed by atoms with Gasteiger partial charge in [-0.1, -0.05) is 11.3 Å². The zero-order valence-electron chi connectivity index (χ0n) is 18.0. The van der Waals surface area contributed by atoms with E-state index in [0.717, 1.165) is 27.9 Å². The molecule has 1 aliphatic heterocycles. The molecule has 1 N–H and O–H groups in total. The summed E-state index contributed by atoms with van der Waals surface area (Å²) in [5, 5.41) is 8.30. The highest BCUT2D eigenvalue weighted by molar-refractivity contribution is 7.93. The molecule has 2 aromatic heterocycles. The molecule has 0 saturated carbocycles. The lowest BCUT2D eigenvalue weighted by Crippen LogP contribution is -2.49. The molecule has 0 bridgehead atoms. The van der Waals surface area contributed by atoms with Crippen molar-refractivity contribution in [2.45, 2.75) is 11.4 Å². The Morgan fingerprint density at radius 2 is 1.85 bits per heavy atom. The van der Waals surface area contributed by atoms with Crippen molar-refractivity contribution >= 4 is 49.0 Å². The highest BCUT2D eigenvalue weighted by atomic mass is 32.2. The largest absolute Gasteiger partial charge is 0.368 e. The van der Waals surface area contributed by atoms with Gasteiger partial charge in [0.25, 0.3) is 10.0 Å². The van der Waals surface area contributed by atoms with Gasteiger partial charge in [0, 0.05) is 50.4 Å². The smallest absolute Gasteiger partial charge is 0.263 e. The molecule has 0 radical (unpaired) electrons. The predicted octanol–water partition coefficient (Wildman–Crippen LogP) is 3.03. The lowest BCUT2D eigenvalue weighted by Gasteiger charge is -2.36. The monoisotopic (exact) mass is 502 g/mol. The van der Waals surface area contributed by atoms with Crippen molar-refractivity contribution in [2.24, 2.45) is 0 Å². The Morgan fingerprint density at radius 1 is 1.09 bits per heavy atom. The van der Waals surface area contributed by atoms with Gasteiger partial charge in [0.05, 0.1) is 4.90 Å². The Kier molecular flexibility index (Phi) is 5.92. The van der Waals surface area contributed by atoms with Gasteiger partial charge in [-0.2, -0.15) is 0 Å². The maximum absolute atomic E-state index is 13.4. The highest BCUT2D eigenvalue weighted by Crippen LogP contribution is 2.22. The molecule has 12 heteroatoms. The van der Waals surface area contributed by atoms with E-state index in [-0.39, 0.29) is 29.7 Å². The van der Waals surface area contributed by atoms with Gasteiger partial charge in [-0.3, -0.25) is 9.52 Å². The normalized spacial score (nSPS) is 14.5. The highest BCUT2D eigenvalue weighted by Gasteiger charge is 2.23. The minimum absolute atomic E-state index is 0. The van der Waals surface area contributed by atoms with Crippen molar-refractivity contribution < 1.29 is 19.0 Å². The fourth-order valence-electron chi connectivity index (χ4n) is 4.00. The number of carbonyl (C=O) groups is 1. The number of carbonyl (C=O) groups excluding carboxylic acids is 1. The van der Waals surface area contributed by atoms with Crippen LogP contribution in [0.3, 0.4) is 0 Å². The number of hydrogen-bond donors (Lipinski definition) is 1. The average Bonchev–Trinajstić information content (AvgIpc) is 3.48. The number of sulfonamides is 1. The fourth-order valence-corrected chi connectivity index (χ4v) is 5.69. The average molecular weight is 503 g/mol. The predicted molar refractivity (Wildman–Crippen MR) is 130 cm³/mol. The van der Waals surface area contributed by atoms with Crippen LogP contribution >= 0.6 is 11.3 Å². The number of nitrogens with one attached hydrogen (secondary N) is 1. The van der Waals surface area contributed by atoms with Gasteiger partial charge >= 0.3 is 0 Å².